The van der Waals surface area contributed by atoms with Crippen molar-refractivity contribution in [3.63, 3.8) is 0 Å². The van der Waals surface area contributed by atoms with Crippen LogP contribution in [0.1, 0.15) is 5.69 Å². The zero-order chi connectivity index (χ0) is 13.2. The minimum absolute atomic E-state index is 0.0802. The van der Waals surface area contributed by atoms with Crippen LogP contribution >= 0.6 is 0 Å². The van der Waals surface area contributed by atoms with Crippen molar-refractivity contribution >= 4 is 11.5 Å². The van der Waals surface area contributed by atoms with Crippen LogP contribution in [0.25, 0.3) is 5.65 Å². The average Bonchev–Trinajstić information content (AvgIpc) is 2.82. The molecule has 0 aliphatic carbocycles. The maximum absolute atomic E-state index is 11.9. The van der Waals surface area contributed by atoms with E-state index >= 15 is 0 Å². The third kappa shape index (κ3) is 2.33. The van der Waals surface area contributed by atoms with Crippen molar-refractivity contribution in [2.75, 3.05) is 5.32 Å². The van der Waals surface area contributed by atoms with Crippen molar-refractivity contribution < 1.29 is 0 Å². The highest BCUT2D eigenvalue weighted by Crippen LogP contribution is 2.04. The molecule has 3 heterocycles. The Kier molecular flexibility index (Phi) is 2.75. The van der Waals surface area contributed by atoms with Crippen LogP contribution in [-0.4, -0.2) is 19.2 Å². The third-order valence-electron chi connectivity index (χ3n) is 2.79. The first kappa shape index (κ1) is 11.5. The van der Waals surface area contributed by atoms with E-state index in [1.807, 2.05) is 37.5 Å². The van der Waals surface area contributed by atoms with E-state index in [2.05, 4.69) is 15.4 Å². The molecule has 0 atom stereocenters. The van der Waals surface area contributed by atoms with Crippen molar-refractivity contribution in [1.82, 2.24) is 19.2 Å². The Morgan fingerprint density at radius 2 is 2.16 bits per heavy atom. The molecule has 0 amide bonds. The highest BCUT2D eigenvalue weighted by molar-refractivity contribution is 5.39. The summed E-state index contributed by atoms with van der Waals surface area (Å²) in [5.41, 5.74) is 1.26. The summed E-state index contributed by atoms with van der Waals surface area (Å²) in [6.45, 7) is 0.470. The van der Waals surface area contributed by atoms with E-state index in [0.29, 0.717) is 17.9 Å². The summed E-state index contributed by atoms with van der Waals surface area (Å²) in [5, 5.41) is 7.34. The Morgan fingerprint density at radius 1 is 1.26 bits per heavy atom. The lowest BCUT2D eigenvalue weighted by Gasteiger charge is -2.04. The van der Waals surface area contributed by atoms with Crippen LogP contribution in [0.15, 0.2) is 47.5 Å². The lowest BCUT2D eigenvalue weighted by molar-refractivity contribution is 0.767. The van der Waals surface area contributed by atoms with Gasteiger partial charge in [0.25, 0.3) is 5.56 Å². The molecule has 3 rings (SSSR count). The number of rotatable bonds is 3. The van der Waals surface area contributed by atoms with Gasteiger partial charge < -0.3 is 5.32 Å². The quantitative estimate of drug-likeness (QED) is 0.759. The fourth-order valence-corrected chi connectivity index (χ4v) is 1.88. The van der Waals surface area contributed by atoms with Gasteiger partial charge in [0, 0.05) is 31.6 Å². The molecule has 3 aromatic heterocycles. The van der Waals surface area contributed by atoms with Gasteiger partial charge in [-0.25, -0.2) is 4.98 Å². The SMILES string of the molecule is Cn1ccc(NCc2cc(=O)n3ccccc3n2)n1. The molecule has 19 heavy (non-hydrogen) atoms. The molecule has 3 aromatic rings. The van der Waals surface area contributed by atoms with Gasteiger partial charge in [0.05, 0.1) is 12.2 Å². The fourth-order valence-electron chi connectivity index (χ4n) is 1.88. The highest BCUT2D eigenvalue weighted by Gasteiger charge is 2.02. The minimum Gasteiger partial charge on any atom is -0.363 e. The molecule has 0 saturated carbocycles. The average molecular weight is 255 g/mol. The van der Waals surface area contributed by atoms with Gasteiger partial charge in [0.1, 0.15) is 11.5 Å². The van der Waals surface area contributed by atoms with Gasteiger partial charge in [-0.2, -0.15) is 5.10 Å². The lowest BCUT2D eigenvalue weighted by Crippen LogP contribution is -2.16. The number of anilines is 1. The Hall–Kier alpha value is -2.63. The molecule has 0 saturated heterocycles. The van der Waals surface area contributed by atoms with Gasteiger partial charge in [-0.15, -0.1) is 0 Å². The van der Waals surface area contributed by atoms with E-state index in [0.717, 1.165) is 5.82 Å². The largest absolute Gasteiger partial charge is 0.363 e. The minimum atomic E-state index is -0.0802. The summed E-state index contributed by atoms with van der Waals surface area (Å²) in [5.74, 6) is 0.762. The van der Waals surface area contributed by atoms with Crippen molar-refractivity contribution in [3.05, 3.63) is 58.8 Å². The van der Waals surface area contributed by atoms with Crippen molar-refractivity contribution in [3.8, 4) is 0 Å². The smallest absolute Gasteiger partial charge is 0.258 e. The molecule has 0 bridgehead atoms. The summed E-state index contributed by atoms with van der Waals surface area (Å²) >= 11 is 0. The van der Waals surface area contributed by atoms with Gasteiger partial charge in [0.15, 0.2) is 0 Å². The number of pyridine rings is 1. The number of nitrogens with one attached hydrogen (secondary N) is 1. The molecule has 0 radical (unpaired) electrons. The van der Waals surface area contributed by atoms with Crippen LogP contribution in [0, 0.1) is 0 Å². The number of hydrogen-bond acceptors (Lipinski definition) is 4. The van der Waals surface area contributed by atoms with E-state index in [9.17, 15) is 4.79 Å². The van der Waals surface area contributed by atoms with Crippen LogP contribution in [0.5, 0.6) is 0 Å². The van der Waals surface area contributed by atoms with Crippen LogP contribution < -0.4 is 10.9 Å². The monoisotopic (exact) mass is 255 g/mol. The summed E-state index contributed by atoms with van der Waals surface area (Å²) in [4.78, 5) is 16.3. The summed E-state index contributed by atoms with van der Waals surface area (Å²) in [6, 6.07) is 8.88. The van der Waals surface area contributed by atoms with Crippen LogP contribution in [0.2, 0.25) is 0 Å². The lowest BCUT2D eigenvalue weighted by atomic mass is 10.3. The molecule has 0 aromatic carbocycles. The predicted molar refractivity (Wildman–Crippen MR) is 72.0 cm³/mol. The zero-order valence-electron chi connectivity index (χ0n) is 10.4. The van der Waals surface area contributed by atoms with Crippen molar-refractivity contribution in [2.45, 2.75) is 6.54 Å². The summed E-state index contributed by atoms with van der Waals surface area (Å²) in [6.07, 6.45) is 3.56. The van der Waals surface area contributed by atoms with Gasteiger partial charge in [0.2, 0.25) is 0 Å². The predicted octanol–water partition coefficient (Wildman–Crippen LogP) is 1.04. The van der Waals surface area contributed by atoms with Gasteiger partial charge in [-0.05, 0) is 12.1 Å². The van der Waals surface area contributed by atoms with E-state index < -0.39 is 0 Å². The molecule has 0 fully saturated rings. The molecule has 0 unspecified atom stereocenters. The molecule has 0 aliphatic heterocycles. The van der Waals surface area contributed by atoms with E-state index in [-0.39, 0.29) is 5.56 Å². The maximum atomic E-state index is 11.9. The second-order valence-electron chi connectivity index (χ2n) is 4.24. The first-order chi connectivity index (χ1) is 9.22. The topological polar surface area (TPSA) is 64.2 Å². The maximum Gasteiger partial charge on any atom is 0.258 e. The Balaban J connectivity index is 1.87. The number of fused-ring (bicyclic) bond motifs is 1. The Morgan fingerprint density at radius 3 is 2.95 bits per heavy atom. The third-order valence-corrected chi connectivity index (χ3v) is 2.79. The first-order valence-corrected chi connectivity index (χ1v) is 5.93. The molecular formula is C13H13N5O. The van der Waals surface area contributed by atoms with Crippen LogP contribution in [0.3, 0.4) is 0 Å². The van der Waals surface area contributed by atoms with Crippen molar-refractivity contribution in [2.24, 2.45) is 7.05 Å². The number of hydrogen-bond donors (Lipinski definition) is 1. The molecule has 6 heteroatoms. The molecule has 1 N–H and O–H groups in total. The molecule has 6 nitrogen and oxygen atoms in total. The van der Waals surface area contributed by atoms with E-state index in [1.165, 1.54) is 10.5 Å². The summed E-state index contributed by atoms with van der Waals surface area (Å²) < 4.78 is 3.23. The highest BCUT2D eigenvalue weighted by atomic mass is 16.1. The molecule has 96 valence electrons. The summed E-state index contributed by atoms with van der Waals surface area (Å²) in [7, 11) is 1.85. The second-order valence-corrected chi connectivity index (χ2v) is 4.24. The standard InChI is InChI=1S/C13H13N5O/c1-17-7-5-11(16-17)14-9-10-8-13(19)18-6-3-2-4-12(18)15-10/h2-8H,9H2,1H3,(H,14,16). The number of aryl methyl sites for hydroxylation is 1. The van der Waals surface area contributed by atoms with Crippen molar-refractivity contribution in [1.29, 1.82) is 0 Å². The Bertz CT molecular complexity index is 774. The normalized spacial score (nSPS) is 10.8. The van der Waals surface area contributed by atoms with Gasteiger partial charge in [-0.3, -0.25) is 13.9 Å². The molecule has 0 aliphatic rings. The first-order valence-electron chi connectivity index (χ1n) is 5.93. The van der Waals surface area contributed by atoms with E-state index in [4.69, 9.17) is 0 Å². The Labute approximate surface area is 109 Å². The van der Waals surface area contributed by atoms with Crippen LogP contribution in [-0.2, 0) is 13.6 Å². The zero-order valence-corrected chi connectivity index (χ0v) is 10.4. The fraction of sp³-hybridized carbons (Fsp3) is 0.154. The number of aromatic nitrogens is 4. The van der Waals surface area contributed by atoms with E-state index in [1.54, 1.807) is 10.9 Å². The van der Waals surface area contributed by atoms with Crippen LogP contribution in [0.4, 0.5) is 5.82 Å². The molecular weight excluding hydrogens is 242 g/mol. The molecule has 0 spiro atoms. The second kappa shape index (κ2) is 4.56. The van der Waals surface area contributed by atoms with Gasteiger partial charge in [-0.1, -0.05) is 6.07 Å². The number of nitrogens with zero attached hydrogens (tertiary/aromatic N) is 4. The van der Waals surface area contributed by atoms with Gasteiger partial charge >= 0.3 is 0 Å².